The van der Waals surface area contributed by atoms with Crippen LogP contribution in [0.25, 0.3) is 21.0 Å². The number of thiazole rings is 1. The zero-order chi connectivity index (χ0) is 17.2. The second-order valence-corrected chi connectivity index (χ2v) is 7.81. The Bertz CT molecular complexity index is 1010. The lowest BCUT2D eigenvalue weighted by atomic mass is 10.1. The lowest BCUT2D eigenvalue weighted by Crippen LogP contribution is -1.95. The van der Waals surface area contributed by atoms with Crippen molar-refractivity contribution < 1.29 is 0 Å². The molecule has 0 saturated carbocycles. The molecule has 4 heterocycles. The van der Waals surface area contributed by atoms with Crippen LogP contribution in [-0.2, 0) is 12.8 Å². The smallest absolute Gasteiger partial charge is 0.192 e. The topological polar surface area (TPSA) is 77.6 Å². The van der Waals surface area contributed by atoms with E-state index in [2.05, 4.69) is 32.1 Å². The second kappa shape index (κ2) is 6.85. The van der Waals surface area contributed by atoms with Crippen LogP contribution in [-0.4, -0.2) is 19.9 Å². The van der Waals surface area contributed by atoms with E-state index in [9.17, 15) is 0 Å². The minimum Gasteiger partial charge on any atom is -0.383 e. The van der Waals surface area contributed by atoms with E-state index >= 15 is 0 Å². The molecular weight excluding hydrogens is 350 g/mol. The van der Waals surface area contributed by atoms with Gasteiger partial charge in [0.05, 0.1) is 5.39 Å². The van der Waals surface area contributed by atoms with E-state index < -0.39 is 0 Å². The molecule has 0 spiro atoms. The summed E-state index contributed by atoms with van der Waals surface area (Å²) in [7, 11) is 0. The summed E-state index contributed by atoms with van der Waals surface area (Å²) >= 11 is 3.23. The van der Waals surface area contributed by atoms with Crippen LogP contribution < -0.4 is 5.73 Å². The summed E-state index contributed by atoms with van der Waals surface area (Å²) in [6.07, 6.45) is 4.85. The van der Waals surface area contributed by atoms with Gasteiger partial charge in [-0.2, -0.15) is 0 Å². The molecule has 2 N–H and O–H groups in total. The molecule has 5 nitrogen and oxygen atoms in total. The van der Waals surface area contributed by atoms with Gasteiger partial charge in [0.25, 0.3) is 0 Å². The van der Waals surface area contributed by atoms with Crippen molar-refractivity contribution in [1.29, 1.82) is 0 Å². The molecule has 0 amide bonds. The lowest BCUT2D eigenvalue weighted by molar-refractivity contribution is 0.808. The number of fused-ring (bicyclic) bond motifs is 1. The van der Waals surface area contributed by atoms with E-state index in [4.69, 9.17) is 5.73 Å². The number of nitrogens with zero attached hydrogens (tertiary/aromatic N) is 4. The number of aryl methyl sites for hydroxylation is 3. The number of thiophene rings is 1. The molecule has 0 aromatic carbocycles. The summed E-state index contributed by atoms with van der Waals surface area (Å²) in [5.41, 5.74) is 8.26. The van der Waals surface area contributed by atoms with Crippen molar-refractivity contribution in [3.63, 3.8) is 0 Å². The number of aromatic nitrogens is 4. The Morgan fingerprint density at radius 3 is 2.80 bits per heavy atom. The normalized spacial score (nSPS) is 11.2. The van der Waals surface area contributed by atoms with Crippen molar-refractivity contribution in [3.05, 3.63) is 52.1 Å². The molecule has 0 unspecified atom stereocenters. The van der Waals surface area contributed by atoms with Gasteiger partial charge in [-0.1, -0.05) is 6.07 Å². The van der Waals surface area contributed by atoms with E-state index in [-0.39, 0.29) is 0 Å². The molecule has 126 valence electrons. The summed E-state index contributed by atoms with van der Waals surface area (Å²) in [6, 6.07) is 8.15. The Labute approximate surface area is 153 Å². The van der Waals surface area contributed by atoms with E-state index in [1.54, 1.807) is 22.7 Å². The Kier molecular flexibility index (Phi) is 4.42. The van der Waals surface area contributed by atoms with E-state index in [0.29, 0.717) is 11.6 Å². The monoisotopic (exact) mass is 367 g/mol. The Morgan fingerprint density at radius 1 is 1.12 bits per heavy atom. The predicted molar refractivity (Wildman–Crippen MR) is 104 cm³/mol. The third-order valence-electron chi connectivity index (χ3n) is 3.87. The van der Waals surface area contributed by atoms with Crippen molar-refractivity contribution in [2.75, 3.05) is 5.73 Å². The Balaban J connectivity index is 1.54. The van der Waals surface area contributed by atoms with Crippen LogP contribution in [0, 0.1) is 6.92 Å². The molecule has 0 aliphatic heterocycles. The van der Waals surface area contributed by atoms with Gasteiger partial charge in [-0.25, -0.2) is 15.0 Å². The molecule has 0 bridgehead atoms. The van der Waals surface area contributed by atoms with Crippen LogP contribution in [0.5, 0.6) is 0 Å². The highest BCUT2D eigenvalue weighted by Crippen LogP contribution is 2.31. The molecule has 25 heavy (non-hydrogen) atoms. The predicted octanol–water partition coefficient (Wildman–Crippen LogP) is 4.28. The summed E-state index contributed by atoms with van der Waals surface area (Å²) in [6.45, 7) is 1.97. The molecule has 4 aromatic heterocycles. The highest BCUT2D eigenvalue weighted by atomic mass is 32.1. The van der Waals surface area contributed by atoms with Crippen molar-refractivity contribution in [2.45, 2.75) is 26.2 Å². The maximum Gasteiger partial charge on any atom is 0.192 e. The molecule has 0 aliphatic rings. The first-order valence-corrected chi connectivity index (χ1v) is 9.77. The quantitative estimate of drug-likeness (QED) is 0.570. The third kappa shape index (κ3) is 3.52. The van der Waals surface area contributed by atoms with Gasteiger partial charge in [0.1, 0.15) is 10.6 Å². The van der Waals surface area contributed by atoms with Gasteiger partial charge >= 0.3 is 0 Å². The van der Waals surface area contributed by atoms with Gasteiger partial charge in [0, 0.05) is 27.8 Å². The van der Waals surface area contributed by atoms with Crippen molar-refractivity contribution in [1.82, 2.24) is 19.9 Å². The van der Waals surface area contributed by atoms with Gasteiger partial charge in [0.2, 0.25) is 0 Å². The number of pyridine rings is 1. The average Bonchev–Trinajstić information content (AvgIpc) is 3.22. The number of rotatable bonds is 5. The second-order valence-electron chi connectivity index (χ2n) is 5.83. The standard InChI is InChI=1S/C18H17N5S2/c1-11-10-24-18(21-11)16-22-15(19)14-9-13(25-17(14)23-16)7-4-6-12-5-2-3-8-20-12/h2-3,5,8-10H,4,6-7H2,1H3,(H2,19,22,23). The van der Waals surface area contributed by atoms with Gasteiger partial charge < -0.3 is 5.73 Å². The van der Waals surface area contributed by atoms with Gasteiger partial charge in [-0.15, -0.1) is 22.7 Å². The minimum atomic E-state index is 0.528. The van der Waals surface area contributed by atoms with E-state index in [1.165, 1.54) is 4.88 Å². The lowest BCUT2D eigenvalue weighted by Gasteiger charge is -1.98. The molecule has 0 radical (unpaired) electrons. The summed E-state index contributed by atoms with van der Waals surface area (Å²) in [4.78, 5) is 20.1. The van der Waals surface area contributed by atoms with Gasteiger partial charge in [-0.05, 0) is 44.4 Å². The van der Waals surface area contributed by atoms with E-state index in [1.807, 2.05) is 30.6 Å². The Hall–Kier alpha value is -2.38. The highest BCUT2D eigenvalue weighted by molar-refractivity contribution is 7.18. The largest absolute Gasteiger partial charge is 0.383 e. The van der Waals surface area contributed by atoms with Crippen LogP contribution in [0.15, 0.2) is 35.8 Å². The highest BCUT2D eigenvalue weighted by Gasteiger charge is 2.13. The zero-order valence-electron chi connectivity index (χ0n) is 13.8. The maximum atomic E-state index is 6.16. The van der Waals surface area contributed by atoms with E-state index in [0.717, 1.165) is 45.9 Å². The SMILES string of the molecule is Cc1csc(-c2nc(N)c3cc(CCCc4ccccn4)sc3n2)n1. The fourth-order valence-electron chi connectivity index (χ4n) is 2.66. The molecule has 4 aromatic rings. The molecule has 0 atom stereocenters. The number of nitrogen functional groups attached to an aromatic ring is 1. The fourth-order valence-corrected chi connectivity index (χ4v) is 4.46. The third-order valence-corrected chi connectivity index (χ3v) is 5.91. The first-order chi connectivity index (χ1) is 12.2. The Morgan fingerprint density at radius 2 is 2.04 bits per heavy atom. The van der Waals surface area contributed by atoms with Crippen LogP contribution >= 0.6 is 22.7 Å². The summed E-state index contributed by atoms with van der Waals surface area (Å²) in [5, 5.41) is 3.75. The van der Waals surface area contributed by atoms with Crippen molar-refractivity contribution in [2.24, 2.45) is 0 Å². The number of hydrogen-bond donors (Lipinski definition) is 1. The van der Waals surface area contributed by atoms with Crippen LogP contribution in [0.1, 0.15) is 22.7 Å². The van der Waals surface area contributed by atoms with Gasteiger partial charge in [-0.3, -0.25) is 4.98 Å². The number of nitrogens with two attached hydrogens (primary N) is 1. The summed E-state index contributed by atoms with van der Waals surface area (Å²) in [5.74, 6) is 1.14. The molecule has 4 rings (SSSR count). The summed E-state index contributed by atoms with van der Waals surface area (Å²) < 4.78 is 0. The fraction of sp³-hybridized carbons (Fsp3) is 0.222. The van der Waals surface area contributed by atoms with Crippen LogP contribution in [0.3, 0.4) is 0 Å². The van der Waals surface area contributed by atoms with Gasteiger partial charge in [0.15, 0.2) is 10.8 Å². The molecule has 0 aliphatic carbocycles. The number of anilines is 1. The van der Waals surface area contributed by atoms with Crippen molar-refractivity contribution >= 4 is 38.7 Å². The average molecular weight is 368 g/mol. The minimum absolute atomic E-state index is 0.528. The first kappa shape index (κ1) is 16.1. The molecule has 0 fully saturated rings. The molecule has 7 heteroatoms. The molecular formula is C18H17N5S2. The maximum absolute atomic E-state index is 6.16. The van der Waals surface area contributed by atoms with Crippen molar-refractivity contribution in [3.8, 4) is 10.8 Å². The first-order valence-electron chi connectivity index (χ1n) is 8.07. The van der Waals surface area contributed by atoms with Crippen LogP contribution in [0.4, 0.5) is 5.82 Å². The zero-order valence-corrected chi connectivity index (χ0v) is 15.4. The molecule has 0 saturated heterocycles. The number of hydrogen-bond acceptors (Lipinski definition) is 7. The van der Waals surface area contributed by atoms with Crippen LogP contribution in [0.2, 0.25) is 0 Å².